The SMILES string of the molecule is CCCCC/C=C\C[C@@H](O)/C=C/C=C\C/C=C\CCCC(=O)OC[C@H](COP(=O)(O)O[C@H]1C(O)C(O)C(O)[C@@H](OP(=O)(O)O)C1O)OC(=O)CCC/C=C\C/C=C\C/C=C\CCCCCCCC. The number of ether oxygens (including phenoxy) is 2. The molecule has 0 amide bonds. The van der Waals surface area contributed by atoms with Gasteiger partial charge in [-0.3, -0.25) is 23.2 Å². The van der Waals surface area contributed by atoms with E-state index in [-0.39, 0.29) is 12.8 Å². The van der Waals surface area contributed by atoms with Crippen molar-refractivity contribution in [1.29, 1.82) is 0 Å². The summed E-state index contributed by atoms with van der Waals surface area (Å²) in [6.07, 6.45) is 30.0. The molecule has 0 spiro atoms. The number of aliphatic hydroxyl groups is 5. The molecular weight excluding hydrogens is 922 g/mol. The molecule has 0 aliphatic heterocycles. The molecule has 0 radical (unpaired) electrons. The molecule has 1 saturated carbocycles. The molecule has 0 aromatic rings. The van der Waals surface area contributed by atoms with Gasteiger partial charge in [-0.05, 0) is 77.0 Å². The Kier molecular flexibility index (Phi) is 36.1. The lowest BCUT2D eigenvalue weighted by Gasteiger charge is -2.43. The maximum absolute atomic E-state index is 13.0. The van der Waals surface area contributed by atoms with Crippen molar-refractivity contribution in [2.75, 3.05) is 13.2 Å². The first kappa shape index (κ1) is 63.2. The lowest BCUT2D eigenvalue weighted by atomic mass is 9.85. The lowest BCUT2D eigenvalue weighted by Crippen LogP contribution is -2.64. The Bertz CT molecular complexity index is 1650. The van der Waals surface area contributed by atoms with Gasteiger partial charge >= 0.3 is 27.6 Å². The molecule has 0 saturated heterocycles. The van der Waals surface area contributed by atoms with E-state index in [9.17, 15) is 58.9 Å². The van der Waals surface area contributed by atoms with Crippen LogP contribution >= 0.6 is 15.6 Å². The molecular formula is C49H82O17P2. The third kappa shape index (κ3) is 32.9. The normalized spacial score (nSPS) is 22.4. The van der Waals surface area contributed by atoms with Gasteiger partial charge in [-0.15, -0.1) is 0 Å². The summed E-state index contributed by atoms with van der Waals surface area (Å²) < 4.78 is 49.2. The van der Waals surface area contributed by atoms with Gasteiger partial charge in [-0.25, -0.2) is 9.13 Å². The molecule has 17 nitrogen and oxygen atoms in total. The van der Waals surface area contributed by atoms with Gasteiger partial charge in [0, 0.05) is 12.8 Å². The van der Waals surface area contributed by atoms with Crippen molar-refractivity contribution < 1.29 is 82.0 Å². The topological polar surface area (TPSA) is 276 Å². The van der Waals surface area contributed by atoms with Crippen LogP contribution < -0.4 is 0 Å². The first-order chi connectivity index (χ1) is 32.5. The van der Waals surface area contributed by atoms with Crippen LogP contribution in [0.2, 0.25) is 0 Å². The van der Waals surface area contributed by atoms with Gasteiger partial charge in [-0.1, -0.05) is 144 Å². The minimum atomic E-state index is -5.39. The fourth-order valence-corrected chi connectivity index (χ4v) is 8.24. The number of allylic oxidation sites excluding steroid dienone is 12. The van der Waals surface area contributed by atoms with Crippen LogP contribution in [0.3, 0.4) is 0 Å². The first-order valence-corrected chi connectivity index (χ1v) is 27.3. The van der Waals surface area contributed by atoms with Crippen LogP contribution in [0.4, 0.5) is 0 Å². The van der Waals surface area contributed by atoms with Crippen LogP contribution in [0.5, 0.6) is 0 Å². The van der Waals surface area contributed by atoms with Crippen LogP contribution in [-0.4, -0.2) is 114 Å². The Morgan fingerprint density at radius 1 is 0.544 bits per heavy atom. The predicted molar refractivity (Wildman–Crippen MR) is 261 cm³/mol. The molecule has 0 bridgehead atoms. The third-order valence-electron chi connectivity index (χ3n) is 10.5. The smallest absolute Gasteiger partial charge is 0.462 e. The summed E-state index contributed by atoms with van der Waals surface area (Å²) in [5.41, 5.74) is 0. The maximum Gasteiger partial charge on any atom is 0.472 e. The summed E-state index contributed by atoms with van der Waals surface area (Å²) >= 11 is 0. The van der Waals surface area contributed by atoms with Gasteiger partial charge in [0.1, 0.15) is 43.2 Å². The highest BCUT2D eigenvalue weighted by Gasteiger charge is 2.54. The van der Waals surface area contributed by atoms with E-state index in [0.717, 1.165) is 32.1 Å². The number of aliphatic hydroxyl groups excluding tert-OH is 5. The summed E-state index contributed by atoms with van der Waals surface area (Å²) in [6.45, 7) is 2.90. The van der Waals surface area contributed by atoms with Crippen LogP contribution in [0.25, 0.3) is 0 Å². The number of hydrogen-bond acceptors (Lipinski definition) is 14. The number of carbonyl (C=O) groups excluding carboxylic acids is 2. The van der Waals surface area contributed by atoms with Gasteiger partial charge in [0.2, 0.25) is 0 Å². The molecule has 1 fully saturated rings. The minimum Gasteiger partial charge on any atom is -0.462 e. The second-order valence-corrected chi connectivity index (χ2v) is 19.3. The predicted octanol–water partition coefficient (Wildman–Crippen LogP) is 8.36. The van der Waals surface area contributed by atoms with Crippen molar-refractivity contribution in [1.82, 2.24) is 0 Å². The van der Waals surface area contributed by atoms with Crippen molar-refractivity contribution in [3.63, 3.8) is 0 Å². The minimum absolute atomic E-state index is 0.00204. The van der Waals surface area contributed by atoms with Crippen LogP contribution in [0.1, 0.15) is 149 Å². The largest absolute Gasteiger partial charge is 0.472 e. The van der Waals surface area contributed by atoms with E-state index in [1.807, 2.05) is 42.5 Å². The van der Waals surface area contributed by atoms with Gasteiger partial charge in [0.15, 0.2) is 6.10 Å². The fraction of sp³-hybridized carbons (Fsp3) is 0.673. The van der Waals surface area contributed by atoms with E-state index < -0.39 is 89.6 Å². The van der Waals surface area contributed by atoms with E-state index in [1.54, 1.807) is 12.2 Å². The number of esters is 2. The van der Waals surface area contributed by atoms with Gasteiger partial charge in [-0.2, -0.15) is 0 Å². The second-order valence-electron chi connectivity index (χ2n) is 16.7. The van der Waals surface area contributed by atoms with Gasteiger partial charge < -0.3 is 49.7 Å². The number of hydrogen-bond donors (Lipinski definition) is 8. The Labute approximate surface area is 404 Å². The Morgan fingerprint density at radius 2 is 1.03 bits per heavy atom. The van der Waals surface area contributed by atoms with Crippen molar-refractivity contribution in [3.05, 3.63) is 85.1 Å². The second kappa shape index (κ2) is 38.8. The Balaban J connectivity index is 2.69. The van der Waals surface area contributed by atoms with Crippen molar-refractivity contribution in [2.24, 2.45) is 0 Å². The summed E-state index contributed by atoms with van der Waals surface area (Å²) in [6, 6.07) is 0. The molecule has 19 heteroatoms. The molecule has 0 aromatic heterocycles. The zero-order valence-electron chi connectivity index (χ0n) is 40.1. The van der Waals surface area contributed by atoms with Crippen molar-refractivity contribution in [2.45, 2.75) is 198 Å². The zero-order valence-corrected chi connectivity index (χ0v) is 41.9. The highest BCUT2D eigenvalue weighted by molar-refractivity contribution is 7.47. The Morgan fingerprint density at radius 3 is 1.63 bits per heavy atom. The standard InChI is InChI=1S/C49H82O17P2/c1-3-5-7-9-11-12-13-14-15-16-17-18-19-20-25-29-33-37-43(52)64-41(39-63-68(60,61)66-49-46(55)44(53)45(54)48(47(49)56)65-67(57,58)59)38-62-42(51)36-32-28-24-22-21-23-27-31-35-40(50)34-30-26-10-8-6-4-2/h14-15,17-18,20,22-27,30-31,35,40-41,44-50,53-56H,3-13,16,19,21,28-29,32-34,36-39H2,1-2H3,(H,60,61)(H2,57,58,59)/b15-14-,18-17-,24-22-,25-20-,27-23-,30-26-,35-31+/t40-,41-,44?,45?,46?,47?,48-,49+/m1/s1. The van der Waals surface area contributed by atoms with E-state index in [1.165, 1.54) is 51.4 Å². The maximum atomic E-state index is 13.0. The number of phosphoric ester groups is 2. The molecule has 390 valence electrons. The van der Waals surface area contributed by atoms with Crippen LogP contribution in [0, 0.1) is 0 Å². The Hall–Kier alpha value is -2.86. The quantitative estimate of drug-likeness (QED) is 0.00944. The molecule has 9 atom stereocenters. The molecule has 5 unspecified atom stereocenters. The van der Waals surface area contributed by atoms with E-state index in [4.69, 9.17) is 18.5 Å². The zero-order chi connectivity index (χ0) is 50.5. The van der Waals surface area contributed by atoms with E-state index in [2.05, 4.69) is 48.8 Å². The average molecular weight is 1010 g/mol. The first-order valence-electron chi connectivity index (χ1n) is 24.2. The van der Waals surface area contributed by atoms with Crippen LogP contribution in [-0.2, 0) is 41.8 Å². The number of unbranched alkanes of at least 4 members (excludes halogenated alkanes) is 11. The molecule has 0 heterocycles. The number of phosphoric acid groups is 2. The van der Waals surface area contributed by atoms with Crippen LogP contribution in [0.15, 0.2) is 85.1 Å². The van der Waals surface area contributed by atoms with Crippen molar-refractivity contribution in [3.8, 4) is 0 Å². The number of rotatable bonds is 39. The summed E-state index contributed by atoms with van der Waals surface area (Å²) in [4.78, 5) is 54.3. The molecule has 8 N–H and O–H groups in total. The highest BCUT2D eigenvalue weighted by Crippen LogP contribution is 2.49. The van der Waals surface area contributed by atoms with E-state index in [0.29, 0.717) is 38.5 Å². The molecule has 1 aliphatic carbocycles. The fourth-order valence-electron chi connectivity index (χ4n) is 6.71. The van der Waals surface area contributed by atoms with Gasteiger partial charge in [0.25, 0.3) is 0 Å². The summed E-state index contributed by atoms with van der Waals surface area (Å²) in [5.74, 6) is -1.38. The molecule has 68 heavy (non-hydrogen) atoms. The molecule has 0 aromatic carbocycles. The summed E-state index contributed by atoms with van der Waals surface area (Å²) in [5, 5.41) is 51.3. The molecule has 1 rings (SSSR count). The third-order valence-corrected chi connectivity index (χ3v) is 12.0. The molecule has 1 aliphatic rings. The van der Waals surface area contributed by atoms with Gasteiger partial charge in [0.05, 0.1) is 12.7 Å². The van der Waals surface area contributed by atoms with E-state index >= 15 is 0 Å². The lowest BCUT2D eigenvalue weighted by molar-refractivity contribution is -0.216. The van der Waals surface area contributed by atoms with Crippen molar-refractivity contribution >= 4 is 27.6 Å². The highest BCUT2D eigenvalue weighted by atomic mass is 31.2. The average Bonchev–Trinajstić information content (AvgIpc) is 3.29. The summed E-state index contributed by atoms with van der Waals surface area (Å²) in [7, 11) is -10.7. The number of carbonyl (C=O) groups is 2. The monoisotopic (exact) mass is 1000 g/mol.